The van der Waals surface area contributed by atoms with Gasteiger partial charge in [-0.1, -0.05) is 97.1 Å². The summed E-state index contributed by atoms with van der Waals surface area (Å²) in [6, 6.07) is 34.7. The number of hydrogen-bond donors (Lipinski definition) is 2. The molecule has 29 heavy (non-hydrogen) atoms. The quantitative estimate of drug-likeness (QED) is 0.456. The van der Waals surface area contributed by atoms with Gasteiger partial charge in [0.1, 0.15) is 5.75 Å². The molecular formula is C25H19BO3. The van der Waals surface area contributed by atoms with Gasteiger partial charge in [0, 0.05) is 5.56 Å². The molecule has 0 aliphatic heterocycles. The Hall–Kier alpha value is -3.34. The molecule has 3 nitrogen and oxygen atoms in total. The third kappa shape index (κ3) is 2.61. The Morgan fingerprint density at radius 3 is 1.76 bits per heavy atom. The molecule has 0 atom stereocenters. The van der Waals surface area contributed by atoms with Crippen molar-refractivity contribution in [3.05, 3.63) is 125 Å². The van der Waals surface area contributed by atoms with Gasteiger partial charge in [-0.05, 0) is 33.9 Å². The fourth-order valence-corrected chi connectivity index (χ4v) is 4.68. The fourth-order valence-electron chi connectivity index (χ4n) is 4.68. The second-order valence-corrected chi connectivity index (χ2v) is 7.15. The van der Waals surface area contributed by atoms with Crippen LogP contribution in [0.2, 0.25) is 0 Å². The van der Waals surface area contributed by atoms with Gasteiger partial charge in [-0.15, -0.1) is 0 Å². The summed E-state index contributed by atoms with van der Waals surface area (Å²) in [5, 5.41) is 19.2. The van der Waals surface area contributed by atoms with Crippen molar-refractivity contribution in [2.75, 3.05) is 0 Å². The van der Waals surface area contributed by atoms with Crippen LogP contribution in [0.5, 0.6) is 5.75 Å². The average molecular weight is 378 g/mol. The molecule has 140 valence electrons. The van der Waals surface area contributed by atoms with Crippen LogP contribution in [0.4, 0.5) is 0 Å². The molecule has 0 radical (unpaired) electrons. The highest BCUT2D eigenvalue weighted by atomic mass is 16.6. The van der Waals surface area contributed by atoms with Crippen molar-refractivity contribution in [1.29, 1.82) is 0 Å². The highest BCUT2D eigenvalue weighted by molar-refractivity contribution is 6.33. The molecule has 0 saturated heterocycles. The molecule has 5 rings (SSSR count). The van der Waals surface area contributed by atoms with Crippen LogP contribution in [0.1, 0.15) is 22.3 Å². The minimum absolute atomic E-state index is 0.460. The molecule has 2 N–H and O–H groups in total. The Morgan fingerprint density at radius 2 is 1.14 bits per heavy atom. The zero-order valence-electron chi connectivity index (χ0n) is 15.7. The maximum absolute atomic E-state index is 9.60. The Kier molecular flexibility index (Phi) is 4.24. The summed E-state index contributed by atoms with van der Waals surface area (Å²) >= 11 is 0. The molecule has 4 aromatic rings. The van der Waals surface area contributed by atoms with Gasteiger partial charge >= 0.3 is 7.32 Å². The number of rotatable bonds is 4. The highest BCUT2D eigenvalue weighted by Crippen LogP contribution is 2.58. The van der Waals surface area contributed by atoms with Crippen molar-refractivity contribution >= 4 is 7.32 Å². The van der Waals surface area contributed by atoms with Gasteiger partial charge in [0.05, 0.1) is 5.41 Å². The molecule has 0 bridgehead atoms. The molecule has 1 aliphatic carbocycles. The normalized spacial score (nSPS) is 13.4. The van der Waals surface area contributed by atoms with Crippen LogP contribution in [-0.2, 0) is 5.41 Å². The second kappa shape index (κ2) is 6.92. The first-order chi connectivity index (χ1) is 14.2. The van der Waals surface area contributed by atoms with E-state index >= 15 is 0 Å². The first-order valence-corrected chi connectivity index (χ1v) is 9.60. The lowest BCUT2D eigenvalue weighted by Crippen LogP contribution is -2.30. The van der Waals surface area contributed by atoms with Crippen molar-refractivity contribution in [2.24, 2.45) is 0 Å². The average Bonchev–Trinajstić information content (AvgIpc) is 3.07. The molecule has 4 aromatic carbocycles. The van der Waals surface area contributed by atoms with Crippen LogP contribution in [0.25, 0.3) is 11.1 Å². The third-order valence-electron chi connectivity index (χ3n) is 5.67. The minimum atomic E-state index is -1.89. The summed E-state index contributed by atoms with van der Waals surface area (Å²) in [7, 11) is -1.89. The topological polar surface area (TPSA) is 49.7 Å². The van der Waals surface area contributed by atoms with Crippen molar-refractivity contribution < 1.29 is 14.7 Å². The molecule has 0 heterocycles. The third-order valence-corrected chi connectivity index (χ3v) is 5.67. The Balaban J connectivity index is 1.96. The van der Waals surface area contributed by atoms with Crippen LogP contribution in [-0.4, -0.2) is 17.4 Å². The van der Waals surface area contributed by atoms with Crippen LogP contribution in [0.15, 0.2) is 103 Å². The molecule has 0 spiro atoms. The van der Waals surface area contributed by atoms with Gasteiger partial charge in [0.2, 0.25) is 0 Å². The summed E-state index contributed by atoms with van der Waals surface area (Å²) in [6.45, 7) is 0. The summed E-state index contributed by atoms with van der Waals surface area (Å²) in [6.07, 6.45) is 0. The van der Waals surface area contributed by atoms with E-state index in [9.17, 15) is 10.0 Å². The maximum atomic E-state index is 9.60. The van der Waals surface area contributed by atoms with E-state index < -0.39 is 12.7 Å². The van der Waals surface area contributed by atoms with Crippen LogP contribution in [0, 0.1) is 0 Å². The number of hydrogen-bond acceptors (Lipinski definition) is 3. The molecule has 0 amide bonds. The first kappa shape index (κ1) is 17.7. The van der Waals surface area contributed by atoms with Gasteiger partial charge in [-0.3, -0.25) is 0 Å². The van der Waals surface area contributed by atoms with Crippen molar-refractivity contribution in [3.63, 3.8) is 0 Å². The summed E-state index contributed by atoms with van der Waals surface area (Å²) < 4.78 is 5.50. The van der Waals surface area contributed by atoms with E-state index in [-0.39, 0.29) is 0 Å². The van der Waals surface area contributed by atoms with E-state index in [1.54, 1.807) is 6.07 Å². The summed E-state index contributed by atoms with van der Waals surface area (Å²) in [4.78, 5) is 0. The summed E-state index contributed by atoms with van der Waals surface area (Å²) in [5.41, 5.74) is 5.80. The van der Waals surface area contributed by atoms with Crippen LogP contribution < -0.4 is 4.65 Å². The molecular weight excluding hydrogens is 359 g/mol. The largest absolute Gasteiger partial charge is 0.707 e. The standard InChI is InChI=1S/C25H19BO3/c27-26(28)29-23-17-9-15-21-20-14-7-8-16-22(20)25(24(21)23,18-10-3-1-4-11-18)19-12-5-2-6-13-19/h1-17,27-28H. The Morgan fingerprint density at radius 1 is 0.586 bits per heavy atom. The van der Waals surface area contributed by atoms with Gasteiger partial charge in [0.15, 0.2) is 0 Å². The molecule has 0 unspecified atom stereocenters. The minimum Gasteiger partial charge on any atom is -0.512 e. The monoisotopic (exact) mass is 378 g/mol. The van der Waals surface area contributed by atoms with Gasteiger partial charge < -0.3 is 14.7 Å². The van der Waals surface area contributed by atoms with E-state index in [1.807, 2.05) is 54.6 Å². The van der Waals surface area contributed by atoms with Gasteiger partial charge in [-0.2, -0.15) is 0 Å². The van der Waals surface area contributed by atoms with Gasteiger partial charge in [0.25, 0.3) is 0 Å². The smallest absolute Gasteiger partial charge is 0.512 e. The lowest BCUT2D eigenvalue weighted by Gasteiger charge is -2.34. The zero-order valence-corrected chi connectivity index (χ0v) is 15.7. The molecule has 0 fully saturated rings. The highest BCUT2D eigenvalue weighted by Gasteiger charge is 2.48. The van der Waals surface area contributed by atoms with Crippen LogP contribution >= 0.6 is 0 Å². The first-order valence-electron chi connectivity index (χ1n) is 9.60. The number of fused-ring (bicyclic) bond motifs is 3. The van der Waals surface area contributed by atoms with E-state index in [0.29, 0.717) is 5.75 Å². The number of benzene rings is 4. The van der Waals surface area contributed by atoms with Crippen molar-refractivity contribution in [3.8, 4) is 16.9 Å². The Labute approximate surface area is 170 Å². The predicted octanol–water partition coefficient (Wildman–Crippen LogP) is 4.40. The molecule has 1 aliphatic rings. The van der Waals surface area contributed by atoms with Crippen LogP contribution in [0.3, 0.4) is 0 Å². The molecule has 4 heteroatoms. The van der Waals surface area contributed by atoms with E-state index in [0.717, 1.165) is 33.4 Å². The fraction of sp³-hybridized carbons (Fsp3) is 0.0400. The molecule has 0 aromatic heterocycles. The van der Waals surface area contributed by atoms with E-state index in [4.69, 9.17) is 4.65 Å². The lowest BCUT2D eigenvalue weighted by atomic mass is 9.67. The van der Waals surface area contributed by atoms with E-state index in [1.165, 1.54) is 0 Å². The lowest BCUT2D eigenvalue weighted by molar-refractivity contribution is 0.286. The zero-order chi connectivity index (χ0) is 19.8. The summed E-state index contributed by atoms with van der Waals surface area (Å²) in [5.74, 6) is 0.460. The predicted molar refractivity (Wildman–Crippen MR) is 115 cm³/mol. The Bertz CT molecular complexity index is 1120. The van der Waals surface area contributed by atoms with Crippen molar-refractivity contribution in [2.45, 2.75) is 5.41 Å². The second-order valence-electron chi connectivity index (χ2n) is 7.15. The SMILES string of the molecule is OB(O)Oc1cccc2c1C(c1ccccc1)(c1ccccc1)c1ccccc1-2. The maximum Gasteiger partial charge on any atom is 0.707 e. The van der Waals surface area contributed by atoms with Gasteiger partial charge in [-0.25, -0.2) is 0 Å². The molecule has 0 saturated carbocycles. The van der Waals surface area contributed by atoms with E-state index in [2.05, 4.69) is 42.5 Å². The van der Waals surface area contributed by atoms with Crippen molar-refractivity contribution in [1.82, 2.24) is 0 Å².